The minimum Gasteiger partial charge on any atom is -0.310 e. The third kappa shape index (κ3) is 6.45. The second-order valence-electron chi connectivity index (χ2n) is 14.9. The van der Waals surface area contributed by atoms with E-state index in [2.05, 4.69) is 198 Å². The highest BCUT2D eigenvalue weighted by Gasteiger charge is 2.21. The highest BCUT2D eigenvalue weighted by molar-refractivity contribution is 6.11. The standard InChI is InChI=1S/C55H37N5/c1-5-16-38(17-6-1)45-30-32-49-50-33-31-48(59(46-25-11-4-12-26-46)47-27-15-24-43(35-47)44-29-28-39-18-13-14-23-42(39)34-44)37-52(50)60(51(49)36-45)55-57-53(40-19-7-2-8-20-40)56-54(58-55)41-21-9-3-10-22-41/h1-37H. The van der Waals surface area contributed by atoms with Crippen LogP contribution in [0.1, 0.15) is 0 Å². The molecule has 0 bridgehead atoms. The molecule has 0 aliphatic rings. The van der Waals surface area contributed by atoms with Crippen LogP contribution in [0.25, 0.3) is 83.6 Å². The van der Waals surface area contributed by atoms with E-state index in [1.165, 1.54) is 16.3 Å². The lowest BCUT2D eigenvalue weighted by Crippen LogP contribution is -2.10. The number of fused-ring (bicyclic) bond motifs is 4. The van der Waals surface area contributed by atoms with E-state index in [0.29, 0.717) is 17.6 Å². The van der Waals surface area contributed by atoms with Crippen LogP contribution in [0, 0.1) is 0 Å². The summed E-state index contributed by atoms with van der Waals surface area (Å²) in [7, 11) is 0. The van der Waals surface area contributed by atoms with Crippen molar-refractivity contribution in [3.8, 4) is 51.0 Å². The Morgan fingerprint density at radius 1 is 0.300 bits per heavy atom. The molecule has 11 rings (SSSR count). The molecule has 5 nitrogen and oxygen atoms in total. The average Bonchev–Trinajstić information content (AvgIpc) is 3.65. The van der Waals surface area contributed by atoms with Gasteiger partial charge in [-0.1, -0.05) is 176 Å². The monoisotopic (exact) mass is 767 g/mol. The highest BCUT2D eigenvalue weighted by atomic mass is 15.2. The van der Waals surface area contributed by atoms with Crippen molar-refractivity contribution in [3.05, 3.63) is 224 Å². The lowest BCUT2D eigenvalue weighted by Gasteiger charge is -2.26. The van der Waals surface area contributed by atoms with Crippen LogP contribution in [0.4, 0.5) is 17.1 Å². The van der Waals surface area contributed by atoms with Gasteiger partial charge in [0.2, 0.25) is 5.95 Å². The van der Waals surface area contributed by atoms with Crippen molar-refractivity contribution < 1.29 is 0 Å². The lowest BCUT2D eigenvalue weighted by atomic mass is 10.0. The molecular formula is C55H37N5. The van der Waals surface area contributed by atoms with Crippen LogP contribution in [-0.2, 0) is 0 Å². The third-order valence-corrected chi connectivity index (χ3v) is 11.2. The molecule has 0 N–H and O–H groups in total. The maximum Gasteiger partial charge on any atom is 0.238 e. The molecule has 0 aliphatic heterocycles. The number of aromatic nitrogens is 4. The number of nitrogens with zero attached hydrogens (tertiary/aromatic N) is 5. The number of anilines is 3. The van der Waals surface area contributed by atoms with Gasteiger partial charge < -0.3 is 4.90 Å². The van der Waals surface area contributed by atoms with Crippen molar-refractivity contribution in [2.24, 2.45) is 0 Å². The van der Waals surface area contributed by atoms with Gasteiger partial charge in [0.25, 0.3) is 0 Å². The smallest absolute Gasteiger partial charge is 0.238 e. The Labute approximate surface area is 348 Å². The molecule has 0 aliphatic carbocycles. The number of hydrogen-bond donors (Lipinski definition) is 0. The summed E-state index contributed by atoms with van der Waals surface area (Å²) in [5.74, 6) is 1.78. The number of benzene rings is 9. The molecule has 9 aromatic carbocycles. The molecular weight excluding hydrogens is 731 g/mol. The van der Waals surface area contributed by atoms with Crippen molar-refractivity contribution in [1.82, 2.24) is 19.5 Å². The van der Waals surface area contributed by atoms with Gasteiger partial charge in [0.05, 0.1) is 11.0 Å². The molecule has 0 unspecified atom stereocenters. The Morgan fingerprint density at radius 3 is 1.47 bits per heavy atom. The second kappa shape index (κ2) is 15.0. The maximum atomic E-state index is 5.26. The number of para-hydroxylation sites is 1. The lowest BCUT2D eigenvalue weighted by molar-refractivity contribution is 0.953. The fraction of sp³-hybridized carbons (Fsp3) is 0. The molecule has 0 saturated heterocycles. The number of hydrogen-bond acceptors (Lipinski definition) is 4. The first-order valence-electron chi connectivity index (χ1n) is 20.2. The molecule has 60 heavy (non-hydrogen) atoms. The molecule has 5 heteroatoms. The van der Waals surface area contributed by atoms with Crippen molar-refractivity contribution in [3.63, 3.8) is 0 Å². The summed E-state index contributed by atoms with van der Waals surface area (Å²) in [4.78, 5) is 17.9. The molecule has 0 atom stereocenters. The van der Waals surface area contributed by atoms with E-state index >= 15 is 0 Å². The predicted molar refractivity (Wildman–Crippen MR) is 248 cm³/mol. The van der Waals surface area contributed by atoms with Gasteiger partial charge in [-0.15, -0.1) is 0 Å². The molecule has 0 saturated carbocycles. The first kappa shape index (κ1) is 35.0. The van der Waals surface area contributed by atoms with Crippen molar-refractivity contribution in [2.75, 3.05) is 4.90 Å². The molecule has 2 heterocycles. The van der Waals surface area contributed by atoms with Gasteiger partial charge in [0, 0.05) is 39.0 Å². The summed E-state index contributed by atoms with van der Waals surface area (Å²) in [6.07, 6.45) is 0. The fourth-order valence-electron chi connectivity index (χ4n) is 8.29. The molecule has 11 aromatic rings. The normalized spacial score (nSPS) is 11.3. The van der Waals surface area contributed by atoms with E-state index in [9.17, 15) is 0 Å². The zero-order valence-electron chi connectivity index (χ0n) is 32.6. The minimum absolute atomic E-state index is 0.551. The maximum absolute atomic E-state index is 5.26. The summed E-state index contributed by atoms with van der Waals surface area (Å²) in [5.41, 5.74) is 11.5. The summed E-state index contributed by atoms with van der Waals surface area (Å²) in [5, 5.41) is 4.67. The number of rotatable bonds is 8. The van der Waals surface area contributed by atoms with Crippen LogP contribution in [0.5, 0.6) is 0 Å². The van der Waals surface area contributed by atoms with Gasteiger partial charge >= 0.3 is 0 Å². The second-order valence-corrected chi connectivity index (χ2v) is 14.9. The van der Waals surface area contributed by atoms with Crippen LogP contribution in [-0.4, -0.2) is 19.5 Å². The van der Waals surface area contributed by atoms with E-state index in [-0.39, 0.29) is 0 Å². The van der Waals surface area contributed by atoms with E-state index in [0.717, 1.165) is 66.7 Å². The van der Waals surface area contributed by atoms with Crippen LogP contribution < -0.4 is 4.90 Å². The van der Waals surface area contributed by atoms with Gasteiger partial charge in [-0.05, 0) is 81.6 Å². The Bertz CT molecular complexity index is 3250. The molecule has 0 spiro atoms. The summed E-state index contributed by atoms with van der Waals surface area (Å²) in [6.45, 7) is 0. The Hall–Kier alpha value is -8.15. The van der Waals surface area contributed by atoms with Gasteiger partial charge in [0.1, 0.15) is 0 Å². The van der Waals surface area contributed by atoms with E-state index in [4.69, 9.17) is 15.0 Å². The molecule has 0 amide bonds. The zero-order valence-corrected chi connectivity index (χ0v) is 32.6. The summed E-state index contributed by atoms with van der Waals surface area (Å²) < 4.78 is 2.22. The highest BCUT2D eigenvalue weighted by Crippen LogP contribution is 2.41. The van der Waals surface area contributed by atoms with Gasteiger partial charge in [0.15, 0.2) is 11.6 Å². The fourth-order valence-corrected chi connectivity index (χ4v) is 8.29. The molecule has 0 radical (unpaired) electrons. The van der Waals surface area contributed by atoms with Crippen LogP contribution in [0.15, 0.2) is 224 Å². The van der Waals surface area contributed by atoms with Gasteiger partial charge in [-0.3, -0.25) is 4.57 Å². The molecule has 0 fully saturated rings. The van der Waals surface area contributed by atoms with Crippen molar-refractivity contribution in [1.29, 1.82) is 0 Å². The van der Waals surface area contributed by atoms with Crippen molar-refractivity contribution >= 4 is 49.6 Å². The first-order valence-corrected chi connectivity index (χ1v) is 20.2. The quantitative estimate of drug-likeness (QED) is 0.154. The van der Waals surface area contributed by atoms with Gasteiger partial charge in [-0.25, -0.2) is 4.98 Å². The Morgan fingerprint density at radius 2 is 0.783 bits per heavy atom. The predicted octanol–water partition coefficient (Wildman–Crippen LogP) is 14.3. The molecule has 282 valence electrons. The Balaban J connectivity index is 1.15. The SMILES string of the molecule is c1ccc(-c2ccc3c4ccc(N(c5ccccc5)c5cccc(-c6ccc7ccccc7c6)c5)cc4n(-c4nc(-c5ccccc5)nc(-c5ccccc5)n4)c3c2)cc1. The van der Waals surface area contributed by atoms with Crippen LogP contribution in [0.3, 0.4) is 0 Å². The zero-order chi connectivity index (χ0) is 39.8. The van der Waals surface area contributed by atoms with Gasteiger partial charge in [-0.2, -0.15) is 9.97 Å². The Kier molecular flexibility index (Phi) is 8.75. The molecule has 2 aromatic heterocycles. The van der Waals surface area contributed by atoms with E-state index in [1.807, 2.05) is 36.4 Å². The van der Waals surface area contributed by atoms with E-state index in [1.54, 1.807) is 0 Å². The summed E-state index contributed by atoms with van der Waals surface area (Å²) in [6, 6.07) is 78.9. The summed E-state index contributed by atoms with van der Waals surface area (Å²) >= 11 is 0. The topological polar surface area (TPSA) is 46.8 Å². The average molecular weight is 768 g/mol. The van der Waals surface area contributed by atoms with Crippen molar-refractivity contribution in [2.45, 2.75) is 0 Å². The first-order chi connectivity index (χ1) is 29.7. The van der Waals surface area contributed by atoms with Crippen LogP contribution in [0.2, 0.25) is 0 Å². The minimum atomic E-state index is 0.551. The van der Waals surface area contributed by atoms with Crippen LogP contribution >= 0.6 is 0 Å². The largest absolute Gasteiger partial charge is 0.310 e. The van der Waals surface area contributed by atoms with E-state index < -0.39 is 0 Å². The third-order valence-electron chi connectivity index (χ3n) is 11.2.